The van der Waals surface area contributed by atoms with Crippen LogP contribution in [0.2, 0.25) is 0 Å². The first-order valence-corrected chi connectivity index (χ1v) is 7.23. The fourth-order valence-corrected chi connectivity index (χ4v) is 2.71. The van der Waals surface area contributed by atoms with E-state index in [0.717, 1.165) is 17.9 Å². The molecule has 4 heteroatoms. The van der Waals surface area contributed by atoms with E-state index < -0.39 is 5.79 Å². The van der Waals surface area contributed by atoms with Gasteiger partial charge in [-0.1, -0.05) is 26.0 Å². The molecule has 0 aliphatic carbocycles. The van der Waals surface area contributed by atoms with Crippen LogP contribution in [-0.4, -0.2) is 21.9 Å². The number of fused-ring (bicyclic) bond motifs is 1. The van der Waals surface area contributed by atoms with Gasteiger partial charge in [0.25, 0.3) is 0 Å². The van der Waals surface area contributed by atoms with Crippen molar-refractivity contribution >= 4 is 11.0 Å². The predicted octanol–water partition coefficient (Wildman–Crippen LogP) is 3.52. The summed E-state index contributed by atoms with van der Waals surface area (Å²) in [6, 6.07) is 8.25. The Morgan fingerprint density at radius 3 is 2.75 bits per heavy atom. The van der Waals surface area contributed by atoms with Gasteiger partial charge in [-0.25, -0.2) is 4.98 Å². The summed E-state index contributed by atoms with van der Waals surface area (Å²) in [5.41, 5.74) is 2.20. The second-order valence-corrected chi connectivity index (χ2v) is 6.28. The minimum Gasteiger partial charge on any atom is -0.347 e. The number of imidazole rings is 1. The maximum Gasteiger partial charge on any atom is 0.164 e. The minimum atomic E-state index is -0.522. The zero-order valence-corrected chi connectivity index (χ0v) is 12.6. The summed E-state index contributed by atoms with van der Waals surface area (Å²) in [6.07, 6.45) is -0.0869. The lowest BCUT2D eigenvalue weighted by Crippen LogP contribution is -2.20. The van der Waals surface area contributed by atoms with Crippen molar-refractivity contribution < 1.29 is 9.47 Å². The van der Waals surface area contributed by atoms with Crippen LogP contribution in [0.15, 0.2) is 24.3 Å². The van der Waals surface area contributed by atoms with Crippen LogP contribution in [0.1, 0.15) is 39.6 Å². The summed E-state index contributed by atoms with van der Waals surface area (Å²) in [4.78, 5) is 4.77. The topological polar surface area (TPSA) is 36.3 Å². The third-order valence-corrected chi connectivity index (χ3v) is 3.53. The Hall–Kier alpha value is -1.39. The molecule has 1 aromatic carbocycles. The van der Waals surface area contributed by atoms with Gasteiger partial charge in [-0.2, -0.15) is 0 Å². The van der Waals surface area contributed by atoms with Crippen LogP contribution in [0.4, 0.5) is 0 Å². The monoisotopic (exact) mass is 274 g/mol. The van der Waals surface area contributed by atoms with E-state index in [0.29, 0.717) is 12.5 Å². The van der Waals surface area contributed by atoms with Crippen molar-refractivity contribution in [2.75, 3.05) is 6.61 Å². The first-order chi connectivity index (χ1) is 9.46. The number of ether oxygens (including phenoxy) is 2. The molecule has 0 bridgehead atoms. The maximum absolute atomic E-state index is 5.98. The first kappa shape index (κ1) is 13.6. The Kier molecular flexibility index (Phi) is 3.30. The Labute approximate surface area is 119 Å². The number of aromatic nitrogens is 2. The van der Waals surface area contributed by atoms with Gasteiger partial charge in [-0.05, 0) is 31.9 Å². The highest BCUT2D eigenvalue weighted by atomic mass is 16.7. The van der Waals surface area contributed by atoms with Crippen LogP contribution in [0.5, 0.6) is 0 Å². The number of rotatable bonds is 3. The number of hydrogen-bond donors (Lipinski definition) is 0. The maximum atomic E-state index is 5.98. The number of para-hydroxylation sites is 2. The molecular weight excluding hydrogens is 252 g/mol. The Morgan fingerprint density at radius 1 is 1.35 bits per heavy atom. The van der Waals surface area contributed by atoms with E-state index in [4.69, 9.17) is 14.5 Å². The molecule has 4 nitrogen and oxygen atoms in total. The van der Waals surface area contributed by atoms with Gasteiger partial charge in [-0.3, -0.25) is 0 Å². The molecule has 1 atom stereocenters. The van der Waals surface area contributed by atoms with E-state index >= 15 is 0 Å². The average Bonchev–Trinajstić information content (AvgIpc) is 2.90. The number of hydrogen-bond acceptors (Lipinski definition) is 3. The second-order valence-electron chi connectivity index (χ2n) is 6.28. The molecule has 0 amide bonds. The van der Waals surface area contributed by atoms with E-state index in [1.807, 2.05) is 19.9 Å². The van der Waals surface area contributed by atoms with Gasteiger partial charge >= 0.3 is 0 Å². The largest absolute Gasteiger partial charge is 0.347 e. The molecule has 1 aliphatic heterocycles. The molecule has 108 valence electrons. The van der Waals surface area contributed by atoms with Gasteiger partial charge in [-0.15, -0.1) is 0 Å². The summed E-state index contributed by atoms with van der Waals surface area (Å²) in [5.74, 6) is 1.01. The van der Waals surface area contributed by atoms with Gasteiger partial charge in [0.05, 0.1) is 17.6 Å². The van der Waals surface area contributed by atoms with E-state index in [1.54, 1.807) is 0 Å². The van der Waals surface area contributed by atoms with Gasteiger partial charge in [0.2, 0.25) is 0 Å². The fourth-order valence-electron chi connectivity index (χ4n) is 2.71. The van der Waals surface area contributed by atoms with Crippen molar-refractivity contribution in [2.45, 2.75) is 46.1 Å². The summed E-state index contributed by atoms with van der Waals surface area (Å²) in [7, 11) is 0. The second kappa shape index (κ2) is 4.86. The van der Waals surface area contributed by atoms with Gasteiger partial charge in [0.15, 0.2) is 5.79 Å². The van der Waals surface area contributed by atoms with E-state index in [1.165, 1.54) is 5.52 Å². The van der Waals surface area contributed by atoms with Crippen LogP contribution in [0.25, 0.3) is 11.0 Å². The Balaban J connectivity index is 2.05. The Bertz CT molecular complexity index is 616. The van der Waals surface area contributed by atoms with Crippen LogP contribution < -0.4 is 0 Å². The first-order valence-electron chi connectivity index (χ1n) is 7.23. The smallest absolute Gasteiger partial charge is 0.164 e. The summed E-state index contributed by atoms with van der Waals surface area (Å²) >= 11 is 0. The molecule has 1 fully saturated rings. The third-order valence-electron chi connectivity index (χ3n) is 3.53. The Morgan fingerprint density at radius 2 is 2.10 bits per heavy atom. The molecule has 1 unspecified atom stereocenters. The van der Waals surface area contributed by atoms with Crippen LogP contribution >= 0.6 is 0 Å². The van der Waals surface area contributed by atoms with Crippen molar-refractivity contribution in [1.82, 2.24) is 9.55 Å². The summed E-state index contributed by atoms with van der Waals surface area (Å²) in [6.45, 7) is 9.83. The molecule has 2 aromatic rings. The van der Waals surface area contributed by atoms with E-state index in [2.05, 4.69) is 36.6 Å². The van der Waals surface area contributed by atoms with Gasteiger partial charge in [0.1, 0.15) is 11.9 Å². The zero-order valence-electron chi connectivity index (χ0n) is 12.6. The van der Waals surface area contributed by atoms with Crippen molar-refractivity contribution in [3.05, 3.63) is 30.1 Å². The normalized spacial score (nSPS) is 21.9. The molecular formula is C16H22N2O2. The fraction of sp³-hybridized carbons (Fsp3) is 0.562. The highest BCUT2D eigenvalue weighted by Crippen LogP contribution is 2.34. The van der Waals surface area contributed by atoms with Crippen LogP contribution in [0, 0.1) is 5.92 Å². The van der Waals surface area contributed by atoms with Crippen LogP contribution in [0.3, 0.4) is 0 Å². The lowest BCUT2D eigenvalue weighted by atomic mass is 10.2. The van der Waals surface area contributed by atoms with Crippen molar-refractivity contribution in [2.24, 2.45) is 5.92 Å². The molecule has 1 aromatic heterocycles. The molecule has 0 saturated carbocycles. The van der Waals surface area contributed by atoms with E-state index in [-0.39, 0.29) is 6.10 Å². The predicted molar refractivity (Wildman–Crippen MR) is 78.4 cm³/mol. The third kappa shape index (κ3) is 2.45. The van der Waals surface area contributed by atoms with Crippen LogP contribution in [-0.2, 0) is 16.0 Å². The van der Waals surface area contributed by atoms with Crippen molar-refractivity contribution in [1.29, 1.82) is 0 Å². The average molecular weight is 274 g/mol. The van der Waals surface area contributed by atoms with E-state index in [9.17, 15) is 0 Å². The molecule has 0 N–H and O–H groups in total. The van der Waals surface area contributed by atoms with Gasteiger partial charge < -0.3 is 14.0 Å². The standard InChI is InChI=1S/C16H22N2O2/c1-11(2)9-18-13-8-6-5-7-12(13)17-15(18)14-10-19-16(3,4)20-14/h5-8,11,14H,9-10H2,1-4H3. The molecule has 1 saturated heterocycles. The molecule has 1 aliphatic rings. The molecule has 0 radical (unpaired) electrons. The lowest BCUT2D eigenvalue weighted by molar-refractivity contribution is -0.140. The SMILES string of the molecule is CC(C)Cn1c(C2COC(C)(C)O2)nc2ccccc21. The summed E-state index contributed by atoms with van der Waals surface area (Å²) in [5, 5.41) is 0. The molecule has 20 heavy (non-hydrogen) atoms. The highest BCUT2D eigenvalue weighted by molar-refractivity contribution is 5.76. The molecule has 0 spiro atoms. The number of benzene rings is 1. The zero-order chi connectivity index (χ0) is 14.3. The molecule has 2 heterocycles. The lowest BCUT2D eigenvalue weighted by Gasteiger charge is -2.18. The highest BCUT2D eigenvalue weighted by Gasteiger charge is 2.36. The minimum absolute atomic E-state index is 0.0869. The number of nitrogens with zero attached hydrogens (tertiary/aromatic N) is 2. The van der Waals surface area contributed by atoms with Crippen molar-refractivity contribution in [3.8, 4) is 0 Å². The summed E-state index contributed by atoms with van der Waals surface area (Å²) < 4.78 is 13.9. The molecule has 3 rings (SSSR count). The van der Waals surface area contributed by atoms with Gasteiger partial charge in [0, 0.05) is 6.54 Å². The van der Waals surface area contributed by atoms with Crippen molar-refractivity contribution in [3.63, 3.8) is 0 Å². The quantitative estimate of drug-likeness (QED) is 0.859.